The molecule has 0 unspecified atom stereocenters. The quantitative estimate of drug-likeness (QED) is 0.925. The van der Waals surface area contributed by atoms with Gasteiger partial charge in [0.25, 0.3) is 0 Å². The Hall–Kier alpha value is -1.13. The van der Waals surface area contributed by atoms with Crippen LogP contribution in [-0.4, -0.2) is 9.55 Å². The van der Waals surface area contributed by atoms with Crippen LogP contribution in [0.1, 0.15) is 17.9 Å². The predicted molar refractivity (Wildman–Crippen MR) is 71.6 cm³/mol. The van der Waals surface area contributed by atoms with E-state index >= 15 is 0 Å². The Labute approximate surface area is 109 Å². The molecule has 4 heteroatoms. The molecule has 0 radical (unpaired) electrons. The molecule has 0 amide bonds. The van der Waals surface area contributed by atoms with Gasteiger partial charge in [-0.1, -0.05) is 28.1 Å². The molecule has 0 bridgehead atoms. The summed E-state index contributed by atoms with van der Waals surface area (Å²) >= 11 is 3.45. The average Bonchev–Trinajstić information content (AvgIpc) is 2.91. The van der Waals surface area contributed by atoms with Gasteiger partial charge in [-0.05, 0) is 25.0 Å². The van der Waals surface area contributed by atoms with E-state index in [-0.39, 0.29) is 0 Å². The maximum Gasteiger partial charge on any atom is 0.123 e. The number of hydrogen-bond acceptors (Lipinski definition) is 2. The number of halogens is 1. The first kappa shape index (κ1) is 11.0. The van der Waals surface area contributed by atoms with Gasteiger partial charge in [0.1, 0.15) is 5.82 Å². The summed E-state index contributed by atoms with van der Waals surface area (Å²) in [6, 6.07) is 8.31. The molecule has 2 aromatic rings. The smallest absolute Gasteiger partial charge is 0.123 e. The van der Waals surface area contributed by atoms with Crippen molar-refractivity contribution in [2.45, 2.75) is 25.9 Å². The van der Waals surface area contributed by atoms with Crippen LogP contribution in [0.5, 0.6) is 0 Å². The zero-order chi connectivity index (χ0) is 11.8. The van der Waals surface area contributed by atoms with Crippen LogP contribution in [0.3, 0.4) is 0 Å². The molecule has 0 aliphatic carbocycles. The van der Waals surface area contributed by atoms with Crippen LogP contribution in [-0.2, 0) is 19.5 Å². The molecule has 0 spiro atoms. The fraction of sp³-hybridized carbons (Fsp3) is 0.308. The van der Waals surface area contributed by atoms with Gasteiger partial charge in [-0.3, -0.25) is 0 Å². The third-order valence-corrected chi connectivity index (χ3v) is 3.78. The highest BCUT2D eigenvalue weighted by Crippen LogP contribution is 2.30. The molecule has 0 atom stereocenters. The van der Waals surface area contributed by atoms with Crippen LogP contribution in [0, 0.1) is 0 Å². The van der Waals surface area contributed by atoms with Crippen LogP contribution in [0.25, 0.3) is 11.3 Å². The highest BCUT2D eigenvalue weighted by molar-refractivity contribution is 9.10. The number of aromatic nitrogens is 2. The minimum atomic E-state index is 0.517. The molecule has 2 N–H and O–H groups in total. The lowest BCUT2D eigenvalue weighted by Gasteiger charge is -2.00. The van der Waals surface area contributed by atoms with Crippen LogP contribution in [0.2, 0.25) is 0 Å². The van der Waals surface area contributed by atoms with Crippen molar-refractivity contribution < 1.29 is 0 Å². The number of benzene rings is 1. The van der Waals surface area contributed by atoms with E-state index in [1.54, 1.807) is 0 Å². The lowest BCUT2D eigenvalue weighted by atomic mass is 10.1. The topological polar surface area (TPSA) is 43.8 Å². The van der Waals surface area contributed by atoms with Crippen molar-refractivity contribution in [1.82, 2.24) is 9.55 Å². The number of hydrogen-bond donors (Lipinski definition) is 1. The molecular formula is C13H14BrN3. The predicted octanol–water partition coefficient (Wildman–Crippen LogP) is 2.72. The van der Waals surface area contributed by atoms with Gasteiger partial charge < -0.3 is 10.3 Å². The molecule has 3 rings (SSSR count). The highest BCUT2D eigenvalue weighted by atomic mass is 79.9. The molecule has 0 saturated heterocycles. The summed E-state index contributed by atoms with van der Waals surface area (Å²) in [4.78, 5) is 4.67. The fourth-order valence-corrected chi connectivity index (χ4v) is 2.72. The van der Waals surface area contributed by atoms with Gasteiger partial charge in [0, 0.05) is 22.3 Å². The molecule has 0 saturated carbocycles. The Morgan fingerprint density at radius 2 is 2.06 bits per heavy atom. The van der Waals surface area contributed by atoms with E-state index in [2.05, 4.69) is 49.7 Å². The molecule has 1 aliphatic heterocycles. The summed E-state index contributed by atoms with van der Waals surface area (Å²) in [5.41, 5.74) is 9.37. The average molecular weight is 292 g/mol. The van der Waals surface area contributed by atoms with Crippen molar-refractivity contribution in [2.24, 2.45) is 5.73 Å². The highest BCUT2D eigenvalue weighted by Gasteiger charge is 2.21. The Morgan fingerprint density at radius 1 is 1.29 bits per heavy atom. The lowest BCUT2D eigenvalue weighted by molar-refractivity contribution is 0.689. The van der Waals surface area contributed by atoms with Gasteiger partial charge in [-0.2, -0.15) is 0 Å². The second-order valence-electron chi connectivity index (χ2n) is 4.29. The van der Waals surface area contributed by atoms with E-state index in [9.17, 15) is 0 Å². The van der Waals surface area contributed by atoms with E-state index in [0.717, 1.165) is 29.0 Å². The first-order valence-electron chi connectivity index (χ1n) is 5.84. The normalized spacial score (nSPS) is 14.0. The molecule has 0 fully saturated rings. The minimum Gasteiger partial charge on any atom is -0.330 e. The van der Waals surface area contributed by atoms with Crippen LogP contribution >= 0.6 is 15.9 Å². The third-order valence-electron chi connectivity index (χ3n) is 3.25. The Balaban J connectivity index is 2.12. The molecule has 2 heterocycles. The van der Waals surface area contributed by atoms with Gasteiger partial charge in [0.15, 0.2) is 0 Å². The molecule has 1 aromatic heterocycles. The van der Waals surface area contributed by atoms with Crippen LogP contribution in [0.15, 0.2) is 28.7 Å². The van der Waals surface area contributed by atoms with E-state index in [1.165, 1.54) is 17.7 Å². The zero-order valence-corrected chi connectivity index (χ0v) is 11.1. The first-order valence-corrected chi connectivity index (χ1v) is 6.63. The summed E-state index contributed by atoms with van der Waals surface area (Å²) in [7, 11) is 0. The van der Waals surface area contributed by atoms with Gasteiger partial charge in [-0.25, -0.2) is 4.98 Å². The Kier molecular flexibility index (Phi) is 2.76. The van der Waals surface area contributed by atoms with E-state index < -0.39 is 0 Å². The Bertz CT molecular complexity index is 543. The minimum absolute atomic E-state index is 0.517. The molecule has 17 heavy (non-hydrogen) atoms. The summed E-state index contributed by atoms with van der Waals surface area (Å²) in [5, 5.41) is 0. The zero-order valence-electron chi connectivity index (χ0n) is 9.49. The molecule has 1 aliphatic rings. The molecule has 1 aromatic carbocycles. The largest absolute Gasteiger partial charge is 0.330 e. The van der Waals surface area contributed by atoms with Gasteiger partial charge in [-0.15, -0.1) is 0 Å². The number of imidazole rings is 1. The number of nitrogens with two attached hydrogens (primary N) is 1. The first-order chi connectivity index (χ1) is 8.29. The van der Waals surface area contributed by atoms with Crippen molar-refractivity contribution in [2.75, 3.05) is 0 Å². The molecule has 88 valence electrons. The van der Waals surface area contributed by atoms with Crippen molar-refractivity contribution in [3.63, 3.8) is 0 Å². The summed E-state index contributed by atoms with van der Waals surface area (Å²) in [6.07, 6.45) is 2.31. The maximum absolute atomic E-state index is 5.75. The monoisotopic (exact) mass is 291 g/mol. The number of rotatable bonds is 2. The van der Waals surface area contributed by atoms with E-state index in [4.69, 9.17) is 5.73 Å². The van der Waals surface area contributed by atoms with Crippen molar-refractivity contribution >= 4 is 15.9 Å². The SMILES string of the molecule is NCc1nc(-c2ccc(Br)cc2)c2n1CCC2. The molecular weight excluding hydrogens is 278 g/mol. The van der Waals surface area contributed by atoms with E-state index in [1.807, 2.05) is 0 Å². The van der Waals surface area contributed by atoms with E-state index in [0.29, 0.717) is 6.54 Å². The summed E-state index contributed by atoms with van der Waals surface area (Å²) < 4.78 is 3.37. The summed E-state index contributed by atoms with van der Waals surface area (Å²) in [6.45, 7) is 1.58. The van der Waals surface area contributed by atoms with Crippen LogP contribution in [0.4, 0.5) is 0 Å². The maximum atomic E-state index is 5.75. The number of nitrogens with zero attached hydrogens (tertiary/aromatic N) is 2. The second kappa shape index (κ2) is 4.27. The van der Waals surface area contributed by atoms with Gasteiger partial charge >= 0.3 is 0 Å². The second-order valence-corrected chi connectivity index (χ2v) is 5.21. The third kappa shape index (κ3) is 1.81. The van der Waals surface area contributed by atoms with Crippen molar-refractivity contribution in [3.05, 3.63) is 40.3 Å². The Morgan fingerprint density at radius 3 is 2.76 bits per heavy atom. The van der Waals surface area contributed by atoms with Gasteiger partial charge in [0.2, 0.25) is 0 Å². The summed E-state index contributed by atoms with van der Waals surface area (Å²) in [5.74, 6) is 1.01. The van der Waals surface area contributed by atoms with Gasteiger partial charge in [0.05, 0.1) is 12.2 Å². The van der Waals surface area contributed by atoms with Crippen molar-refractivity contribution in [3.8, 4) is 11.3 Å². The van der Waals surface area contributed by atoms with Crippen molar-refractivity contribution in [1.29, 1.82) is 0 Å². The lowest BCUT2D eigenvalue weighted by Crippen LogP contribution is -2.06. The molecule has 3 nitrogen and oxygen atoms in total. The fourth-order valence-electron chi connectivity index (χ4n) is 2.45. The van der Waals surface area contributed by atoms with Crippen LogP contribution < -0.4 is 5.73 Å². The standard InChI is InChI=1S/C13H14BrN3/c14-10-5-3-9(4-6-10)13-11-2-1-7-17(11)12(8-15)16-13/h3-6H,1-2,7-8,15H2. The number of fused-ring (bicyclic) bond motifs is 1.